The van der Waals surface area contributed by atoms with E-state index >= 15 is 0 Å². The monoisotopic (exact) mass is 451 g/mol. The van der Waals surface area contributed by atoms with Crippen LogP contribution in [0.25, 0.3) is 10.2 Å². The molecule has 3 rings (SSSR count). The molecular formula is C20H29N5O3S2. The first-order valence-corrected chi connectivity index (χ1v) is 11.9. The molecular weight excluding hydrogens is 422 g/mol. The summed E-state index contributed by atoms with van der Waals surface area (Å²) in [4.78, 5) is 46.2. The second-order valence-corrected chi connectivity index (χ2v) is 10.1. The summed E-state index contributed by atoms with van der Waals surface area (Å²) in [5.74, 6) is -0.418. The maximum absolute atomic E-state index is 13.5. The molecule has 2 N–H and O–H groups in total. The van der Waals surface area contributed by atoms with Crippen LogP contribution in [0.2, 0.25) is 0 Å². The van der Waals surface area contributed by atoms with Crippen molar-refractivity contribution in [1.82, 2.24) is 25.1 Å². The lowest BCUT2D eigenvalue weighted by Gasteiger charge is -2.17. The van der Waals surface area contributed by atoms with Gasteiger partial charge in [0.1, 0.15) is 4.83 Å². The van der Waals surface area contributed by atoms with Crippen LogP contribution < -0.4 is 16.2 Å². The highest BCUT2D eigenvalue weighted by Gasteiger charge is 2.24. The average Bonchev–Trinajstić information content (AvgIpc) is 3.08. The fourth-order valence-electron chi connectivity index (χ4n) is 3.54. The van der Waals surface area contributed by atoms with Crippen molar-refractivity contribution in [3.63, 3.8) is 0 Å². The fourth-order valence-corrected chi connectivity index (χ4v) is 5.78. The van der Waals surface area contributed by atoms with Gasteiger partial charge in [0, 0.05) is 18.5 Å². The number of nitrogens with one attached hydrogen (secondary N) is 2. The minimum Gasteiger partial charge on any atom is -0.341 e. The van der Waals surface area contributed by atoms with E-state index in [9.17, 15) is 14.4 Å². The van der Waals surface area contributed by atoms with Crippen molar-refractivity contribution in [2.75, 3.05) is 27.7 Å². The molecule has 1 aliphatic rings. The molecule has 30 heavy (non-hydrogen) atoms. The number of fused-ring (bicyclic) bond motifs is 3. The zero-order valence-corrected chi connectivity index (χ0v) is 19.5. The van der Waals surface area contributed by atoms with Crippen LogP contribution in [0.15, 0.2) is 9.95 Å². The van der Waals surface area contributed by atoms with E-state index < -0.39 is 17.2 Å². The smallest absolute Gasteiger partial charge is 0.321 e. The summed E-state index contributed by atoms with van der Waals surface area (Å²) in [5, 5.41) is 5.38. The molecule has 0 saturated heterocycles. The van der Waals surface area contributed by atoms with Crippen LogP contribution >= 0.6 is 23.1 Å². The third kappa shape index (κ3) is 5.04. The molecule has 2 heterocycles. The lowest BCUT2D eigenvalue weighted by molar-refractivity contribution is -0.119. The fraction of sp³-hybridized carbons (Fsp3) is 0.600. The molecule has 1 unspecified atom stereocenters. The van der Waals surface area contributed by atoms with Gasteiger partial charge in [-0.1, -0.05) is 11.8 Å². The van der Waals surface area contributed by atoms with Crippen molar-refractivity contribution >= 4 is 45.3 Å². The number of carbonyl (C=O) groups is 2. The topological polar surface area (TPSA) is 96.3 Å². The summed E-state index contributed by atoms with van der Waals surface area (Å²) in [6, 6.07) is -0.551. The molecule has 2 aromatic heterocycles. The Hall–Kier alpha value is -1.91. The predicted molar refractivity (Wildman–Crippen MR) is 122 cm³/mol. The average molecular weight is 452 g/mol. The van der Waals surface area contributed by atoms with Gasteiger partial charge < -0.3 is 10.2 Å². The molecule has 0 saturated carbocycles. The summed E-state index contributed by atoms with van der Waals surface area (Å²) in [7, 11) is 5.46. The van der Waals surface area contributed by atoms with Crippen molar-refractivity contribution in [3.8, 4) is 0 Å². The van der Waals surface area contributed by atoms with E-state index in [4.69, 9.17) is 4.98 Å². The third-order valence-electron chi connectivity index (χ3n) is 5.14. The molecule has 2 aromatic rings. The van der Waals surface area contributed by atoms with E-state index in [1.807, 2.05) is 14.1 Å². The highest BCUT2D eigenvalue weighted by molar-refractivity contribution is 8.00. The van der Waals surface area contributed by atoms with Gasteiger partial charge in [-0.2, -0.15) is 0 Å². The molecule has 0 radical (unpaired) electrons. The molecule has 0 bridgehead atoms. The van der Waals surface area contributed by atoms with Gasteiger partial charge in [0.15, 0.2) is 5.16 Å². The van der Waals surface area contributed by atoms with Crippen LogP contribution in [0.5, 0.6) is 0 Å². The van der Waals surface area contributed by atoms with Crippen LogP contribution in [0.1, 0.15) is 36.6 Å². The maximum Gasteiger partial charge on any atom is 0.321 e. The molecule has 1 atom stereocenters. The number of hydrogen-bond acceptors (Lipinski definition) is 7. The number of hydrogen-bond donors (Lipinski definition) is 2. The lowest BCUT2D eigenvalue weighted by atomic mass is 9.97. The molecule has 164 valence electrons. The Kier molecular flexibility index (Phi) is 7.54. The zero-order valence-electron chi connectivity index (χ0n) is 17.9. The van der Waals surface area contributed by atoms with Gasteiger partial charge in [0.05, 0.1) is 10.6 Å². The summed E-state index contributed by atoms with van der Waals surface area (Å²) in [6.07, 6.45) is 4.99. The van der Waals surface area contributed by atoms with Gasteiger partial charge in [0.25, 0.3) is 5.56 Å². The number of imide groups is 1. The Balaban J connectivity index is 1.97. The van der Waals surface area contributed by atoms with Crippen molar-refractivity contribution in [3.05, 3.63) is 20.8 Å². The maximum atomic E-state index is 13.5. The summed E-state index contributed by atoms with van der Waals surface area (Å²) in [6.45, 7) is 3.10. The molecule has 10 heteroatoms. The van der Waals surface area contributed by atoms with E-state index in [2.05, 4.69) is 15.5 Å². The molecule has 0 aliphatic heterocycles. The molecule has 0 spiro atoms. The van der Waals surface area contributed by atoms with Crippen molar-refractivity contribution in [2.24, 2.45) is 0 Å². The second kappa shape index (κ2) is 9.93. The first-order chi connectivity index (χ1) is 14.3. The van der Waals surface area contributed by atoms with Gasteiger partial charge in [-0.25, -0.2) is 9.78 Å². The Morgan fingerprint density at radius 2 is 2.03 bits per heavy atom. The number of nitrogens with zero attached hydrogens (tertiary/aromatic N) is 3. The molecule has 8 nitrogen and oxygen atoms in total. The van der Waals surface area contributed by atoms with Crippen LogP contribution in [0.3, 0.4) is 0 Å². The SMILES string of the molecule is CNC(=O)NC(=O)C(C)Sc1nc2sc3c(c2c(=O)n1CCCN(C)C)CCCC3. The number of thiophene rings is 1. The summed E-state index contributed by atoms with van der Waals surface area (Å²) < 4.78 is 1.71. The van der Waals surface area contributed by atoms with Gasteiger partial charge in [0.2, 0.25) is 5.91 Å². The molecule has 0 fully saturated rings. The largest absolute Gasteiger partial charge is 0.341 e. The van der Waals surface area contributed by atoms with Crippen molar-refractivity contribution < 1.29 is 9.59 Å². The Bertz CT molecular complexity index is 998. The number of aromatic nitrogens is 2. The highest BCUT2D eigenvalue weighted by Crippen LogP contribution is 2.35. The van der Waals surface area contributed by atoms with Gasteiger partial charge in [-0.05, 0) is 65.2 Å². The van der Waals surface area contributed by atoms with E-state index in [1.54, 1.807) is 22.8 Å². The van der Waals surface area contributed by atoms with Crippen molar-refractivity contribution in [2.45, 2.75) is 56.0 Å². The van der Waals surface area contributed by atoms with Crippen LogP contribution in [-0.4, -0.2) is 59.3 Å². The first kappa shape index (κ1) is 22.8. The number of urea groups is 1. The number of thioether (sulfide) groups is 1. The Morgan fingerprint density at radius 1 is 1.30 bits per heavy atom. The quantitative estimate of drug-likeness (QED) is 0.495. The minimum absolute atomic E-state index is 0.0143. The number of rotatable bonds is 7. The van der Waals surface area contributed by atoms with Crippen LogP contribution in [-0.2, 0) is 24.2 Å². The number of amides is 3. The number of carbonyl (C=O) groups excluding carboxylic acids is 2. The predicted octanol–water partition coefficient (Wildman–Crippen LogP) is 2.22. The molecule has 1 aliphatic carbocycles. The lowest BCUT2D eigenvalue weighted by Crippen LogP contribution is -2.41. The van der Waals surface area contributed by atoms with Crippen molar-refractivity contribution in [1.29, 1.82) is 0 Å². The van der Waals surface area contributed by atoms with E-state index in [-0.39, 0.29) is 5.56 Å². The van der Waals surface area contributed by atoms with Gasteiger partial charge in [-0.3, -0.25) is 19.5 Å². The highest BCUT2D eigenvalue weighted by atomic mass is 32.2. The first-order valence-electron chi connectivity index (χ1n) is 10.2. The van der Waals surface area contributed by atoms with E-state index in [0.29, 0.717) is 11.7 Å². The van der Waals surface area contributed by atoms with Crippen LogP contribution in [0.4, 0.5) is 4.79 Å². The number of aryl methyl sites for hydroxylation is 2. The standard InChI is InChI=1S/C20H29N5O3S2/c1-12(16(26)22-19(28)21-2)29-20-23-17-15(13-8-5-6-9-14(13)30-17)18(27)25(20)11-7-10-24(3)4/h12H,5-11H2,1-4H3,(H2,21,22,26,28). The Morgan fingerprint density at radius 3 is 2.73 bits per heavy atom. The third-order valence-corrected chi connectivity index (χ3v) is 7.42. The van der Waals surface area contributed by atoms with Gasteiger partial charge >= 0.3 is 6.03 Å². The van der Waals surface area contributed by atoms with E-state index in [0.717, 1.165) is 48.9 Å². The van der Waals surface area contributed by atoms with Gasteiger partial charge in [-0.15, -0.1) is 11.3 Å². The zero-order chi connectivity index (χ0) is 21.8. The Labute approximate surface area is 184 Å². The second-order valence-electron chi connectivity index (χ2n) is 7.73. The van der Waals surface area contributed by atoms with Crippen LogP contribution in [0, 0.1) is 0 Å². The molecule has 3 amide bonds. The minimum atomic E-state index is -0.568. The molecule has 0 aromatic carbocycles. The summed E-state index contributed by atoms with van der Waals surface area (Å²) >= 11 is 2.82. The van der Waals surface area contributed by atoms with E-state index in [1.165, 1.54) is 29.3 Å². The summed E-state index contributed by atoms with van der Waals surface area (Å²) in [5.41, 5.74) is 1.15. The normalized spacial score (nSPS) is 14.6.